The standard InChI is InChI=1S/C12H21N3/c1-10(11-4-2-3-5-11)15-9-14-8-12(15)6-7-13/h8-11H,2-7,13H2,1H3. The van der Waals surface area contributed by atoms with Crippen molar-refractivity contribution >= 4 is 0 Å². The summed E-state index contributed by atoms with van der Waals surface area (Å²) >= 11 is 0. The van der Waals surface area contributed by atoms with Crippen molar-refractivity contribution in [1.29, 1.82) is 0 Å². The Balaban J connectivity index is 2.09. The third-order valence-corrected chi connectivity index (χ3v) is 3.67. The maximum atomic E-state index is 5.60. The Labute approximate surface area is 91.7 Å². The van der Waals surface area contributed by atoms with Gasteiger partial charge in [-0.1, -0.05) is 12.8 Å². The molecule has 1 aromatic heterocycles. The molecule has 1 saturated carbocycles. The normalized spacial score (nSPS) is 19.6. The minimum absolute atomic E-state index is 0.594. The highest BCUT2D eigenvalue weighted by molar-refractivity contribution is 5.01. The molecule has 0 spiro atoms. The Bertz CT molecular complexity index is 300. The molecule has 84 valence electrons. The van der Waals surface area contributed by atoms with Crippen LogP contribution >= 0.6 is 0 Å². The van der Waals surface area contributed by atoms with E-state index in [2.05, 4.69) is 16.5 Å². The maximum absolute atomic E-state index is 5.60. The van der Waals surface area contributed by atoms with Crippen LogP contribution < -0.4 is 5.73 Å². The molecule has 1 aromatic rings. The van der Waals surface area contributed by atoms with Crippen molar-refractivity contribution in [3.8, 4) is 0 Å². The lowest BCUT2D eigenvalue weighted by Crippen LogP contribution is -2.17. The Morgan fingerprint density at radius 1 is 1.53 bits per heavy atom. The second kappa shape index (κ2) is 4.79. The van der Waals surface area contributed by atoms with Crippen molar-refractivity contribution in [2.45, 2.75) is 45.1 Å². The van der Waals surface area contributed by atoms with Gasteiger partial charge >= 0.3 is 0 Å². The summed E-state index contributed by atoms with van der Waals surface area (Å²) in [7, 11) is 0. The van der Waals surface area contributed by atoms with E-state index in [0.717, 1.165) is 12.3 Å². The average Bonchev–Trinajstić information content (AvgIpc) is 2.87. The lowest BCUT2D eigenvalue weighted by Gasteiger charge is -2.22. The molecule has 0 bridgehead atoms. The zero-order valence-corrected chi connectivity index (χ0v) is 9.52. The van der Waals surface area contributed by atoms with Crippen LogP contribution in [0.3, 0.4) is 0 Å². The number of imidazole rings is 1. The molecular formula is C12H21N3. The largest absolute Gasteiger partial charge is 0.332 e. The van der Waals surface area contributed by atoms with Gasteiger partial charge in [-0.15, -0.1) is 0 Å². The molecule has 1 atom stereocenters. The van der Waals surface area contributed by atoms with Crippen molar-refractivity contribution in [1.82, 2.24) is 9.55 Å². The number of nitrogens with two attached hydrogens (primary N) is 1. The molecule has 0 amide bonds. The number of nitrogens with zero attached hydrogens (tertiary/aromatic N) is 2. The summed E-state index contributed by atoms with van der Waals surface area (Å²) in [5.74, 6) is 0.843. The number of hydrogen-bond acceptors (Lipinski definition) is 2. The smallest absolute Gasteiger partial charge is 0.0950 e. The highest BCUT2D eigenvalue weighted by atomic mass is 15.1. The third kappa shape index (κ3) is 2.23. The molecule has 2 N–H and O–H groups in total. The van der Waals surface area contributed by atoms with Crippen LogP contribution in [0.5, 0.6) is 0 Å². The Kier molecular flexibility index (Phi) is 3.41. The van der Waals surface area contributed by atoms with Crippen LogP contribution in [-0.2, 0) is 6.42 Å². The summed E-state index contributed by atoms with van der Waals surface area (Å²) in [5, 5.41) is 0. The van der Waals surface area contributed by atoms with Gasteiger partial charge in [0, 0.05) is 24.4 Å². The first-order valence-corrected chi connectivity index (χ1v) is 6.03. The predicted octanol–water partition coefficient (Wildman–Crippen LogP) is 2.14. The Morgan fingerprint density at radius 3 is 2.93 bits per heavy atom. The maximum Gasteiger partial charge on any atom is 0.0950 e. The lowest BCUT2D eigenvalue weighted by molar-refractivity contribution is 0.353. The summed E-state index contributed by atoms with van der Waals surface area (Å²) in [6.45, 7) is 3.03. The first-order valence-electron chi connectivity index (χ1n) is 6.03. The molecule has 1 aliphatic carbocycles. The monoisotopic (exact) mass is 207 g/mol. The van der Waals surface area contributed by atoms with Crippen LogP contribution in [0.2, 0.25) is 0 Å². The van der Waals surface area contributed by atoms with Crippen LogP contribution in [0.1, 0.15) is 44.3 Å². The summed E-state index contributed by atoms with van der Waals surface area (Å²) in [6.07, 6.45) is 10.4. The first kappa shape index (κ1) is 10.7. The van der Waals surface area contributed by atoms with E-state index < -0.39 is 0 Å². The van der Waals surface area contributed by atoms with Crippen molar-refractivity contribution in [2.24, 2.45) is 11.7 Å². The zero-order chi connectivity index (χ0) is 10.7. The quantitative estimate of drug-likeness (QED) is 0.822. The van der Waals surface area contributed by atoms with E-state index in [9.17, 15) is 0 Å². The molecule has 0 radical (unpaired) electrons. The topological polar surface area (TPSA) is 43.8 Å². The van der Waals surface area contributed by atoms with Gasteiger partial charge in [-0.2, -0.15) is 0 Å². The minimum Gasteiger partial charge on any atom is -0.332 e. The molecule has 0 aliphatic heterocycles. The van der Waals surface area contributed by atoms with Gasteiger partial charge in [-0.05, 0) is 32.2 Å². The number of hydrogen-bond donors (Lipinski definition) is 1. The summed E-state index contributed by atoms with van der Waals surface area (Å²) in [4.78, 5) is 4.24. The molecule has 1 unspecified atom stereocenters. The lowest BCUT2D eigenvalue weighted by atomic mass is 9.99. The molecule has 0 saturated heterocycles. The fourth-order valence-electron chi connectivity index (χ4n) is 2.71. The fraction of sp³-hybridized carbons (Fsp3) is 0.750. The van der Waals surface area contributed by atoms with E-state index in [0.29, 0.717) is 12.6 Å². The molecular weight excluding hydrogens is 186 g/mol. The molecule has 1 aliphatic rings. The second-order valence-electron chi connectivity index (χ2n) is 4.62. The van der Waals surface area contributed by atoms with Crippen LogP contribution in [0.25, 0.3) is 0 Å². The number of rotatable bonds is 4. The summed E-state index contributed by atoms with van der Waals surface area (Å²) in [5.41, 5.74) is 6.89. The van der Waals surface area contributed by atoms with Crippen LogP contribution in [0.15, 0.2) is 12.5 Å². The molecule has 0 aromatic carbocycles. The molecule has 15 heavy (non-hydrogen) atoms. The van der Waals surface area contributed by atoms with Crippen molar-refractivity contribution in [3.05, 3.63) is 18.2 Å². The van der Waals surface area contributed by atoms with Crippen molar-refractivity contribution in [3.63, 3.8) is 0 Å². The second-order valence-corrected chi connectivity index (χ2v) is 4.62. The summed E-state index contributed by atoms with van der Waals surface area (Å²) in [6, 6.07) is 0.594. The Hall–Kier alpha value is -0.830. The first-order chi connectivity index (χ1) is 7.33. The van der Waals surface area contributed by atoms with E-state index in [1.165, 1.54) is 31.4 Å². The van der Waals surface area contributed by atoms with E-state index >= 15 is 0 Å². The van der Waals surface area contributed by atoms with E-state index in [-0.39, 0.29) is 0 Å². The van der Waals surface area contributed by atoms with E-state index in [1.807, 2.05) is 12.5 Å². The van der Waals surface area contributed by atoms with Gasteiger partial charge in [-0.3, -0.25) is 0 Å². The molecule has 3 nitrogen and oxygen atoms in total. The SMILES string of the molecule is CC(C1CCCC1)n1cncc1CCN. The highest BCUT2D eigenvalue weighted by Crippen LogP contribution is 2.34. The van der Waals surface area contributed by atoms with Crippen LogP contribution in [0, 0.1) is 5.92 Å². The zero-order valence-electron chi connectivity index (χ0n) is 9.52. The van der Waals surface area contributed by atoms with Gasteiger partial charge in [0.2, 0.25) is 0 Å². The molecule has 1 heterocycles. The number of aromatic nitrogens is 2. The van der Waals surface area contributed by atoms with E-state index in [1.54, 1.807) is 0 Å². The Morgan fingerprint density at radius 2 is 2.27 bits per heavy atom. The van der Waals surface area contributed by atoms with Crippen LogP contribution in [0.4, 0.5) is 0 Å². The average molecular weight is 207 g/mol. The van der Waals surface area contributed by atoms with Gasteiger partial charge in [0.1, 0.15) is 0 Å². The van der Waals surface area contributed by atoms with Gasteiger partial charge in [0.25, 0.3) is 0 Å². The third-order valence-electron chi connectivity index (χ3n) is 3.67. The predicted molar refractivity (Wildman–Crippen MR) is 61.7 cm³/mol. The van der Waals surface area contributed by atoms with Gasteiger partial charge in [0.05, 0.1) is 6.33 Å². The van der Waals surface area contributed by atoms with Gasteiger partial charge in [0.15, 0.2) is 0 Å². The molecule has 1 fully saturated rings. The highest BCUT2D eigenvalue weighted by Gasteiger charge is 2.23. The molecule has 3 heteroatoms. The summed E-state index contributed by atoms with van der Waals surface area (Å²) < 4.78 is 2.32. The minimum atomic E-state index is 0.594. The van der Waals surface area contributed by atoms with Crippen LogP contribution in [-0.4, -0.2) is 16.1 Å². The van der Waals surface area contributed by atoms with Crippen molar-refractivity contribution < 1.29 is 0 Å². The van der Waals surface area contributed by atoms with E-state index in [4.69, 9.17) is 5.73 Å². The van der Waals surface area contributed by atoms with Gasteiger partial charge < -0.3 is 10.3 Å². The molecule has 2 rings (SSSR count). The van der Waals surface area contributed by atoms with Gasteiger partial charge in [-0.25, -0.2) is 4.98 Å². The fourth-order valence-corrected chi connectivity index (χ4v) is 2.71. The van der Waals surface area contributed by atoms with Crippen molar-refractivity contribution in [2.75, 3.05) is 6.54 Å².